The van der Waals surface area contributed by atoms with Crippen molar-refractivity contribution in [1.29, 1.82) is 0 Å². The molecule has 10 heteroatoms. The standard InChI is InChI=1S/C31H22Cl3FP.BF4/c32-24-9-15-28(16-10-24)36(29-17-11-25(33)12-18-29,30-19-13-26(34)14-20-30)31(22-5-2-1-3-6-22)23-7-4-8-27(35)21-23;2-1(3,4)5/h1-21,31H;/q+1;-1. The van der Waals surface area contributed by atoms with E-state index in [9.17, 15) is 21.7 Å². The van der Waals surface area contributed by atoms with Crippen molar-refractivity contribution in [3.63, 3.8) is 0 Å². The van der Waals surface area contributed by atoms with E-state index in [2.05, 4.69) is 48.5 Å². The van der Waals surface area contributed by atoms with E-state index >= 15 is 0 Å². The third-order valence-corrected chi connectivity index (χ3v) is 11.8. The van der Waals surface area contributed by atoms with Gasteiger partial charge in [-0.3, -0.25) is 0 Å². The minimum atomic E-state index is -6.00. The predicted octanol–water partition coefficient (Wildman–Crippen LogP) is 10.2. The summed E-state index contributed by atoms with van der Waals surface area (Å²) in [4.78, 5) is 0. The van der Waals surface area contributed by atoms with Gasteiger partial charge in [-0.15, -0.1) is 0 Å². The van der Waals surface area contributed by atoms with E-state index in [0.717, 1.165) is 27.0 Å². The van der Waals surface area contributed by atoms with Gasteiger partial charge < -0.3 is 17.3 Å². The monoisotopic (exact) mass is 636 g/mol. The molecule has 1 atom stereocenters. The summed E-state index contributed by atoms with van der Waals surface area (Å²) in [6, 6.07) is 41.3. The average molecular weight is 638 g/mol. The van der Waals surface area contributed by atoms with E-state index in [1.165, 1.54) is 6.07 Å². The fraction of sp³-hybridized carbons (Fsp3) is 0.0323. The number of benzene rings is 5. The average Bonchev–Trinajstić information content (AvgIpc) is 2.93. The quantitative estimate of drug-likeness (QED) is 0.0988. The Bertz CT molecular complexity index is 1450. The molecule has 5 aromatic rings. The highest BCUT2D eigenvalue weighted by atomic mass is 35.5. The molecule has 0 saturated heterocycles. The first-order valence-corrected chi connectivity index (χ1v) is 15.3. The largest absolute Gasteiger partial charge is 0.673 e. The Morgan fingerprint density at radius 2 is 0.854 bits per heavy atom. The molecule has 0 heterocycles. The van der Waals surface area contributed by atoms with Crippen LogP contribution in [0.2, 0.25) is 15.1 Å². The zero-order valence-corrected chi connectivity index (χ0v) is 24.4. The number of hydrogen-bond donors (Lipinski definition) is 0. The third kappa shape index (κ3) is 7.70. The molecule has 5 aromatic carbocycles. The smallest absolute Gasteiger partial charge is 0.418 e. The highest BCUT2D eigenvalue weighted by Crippen LogP contribution is 2.69. The van der Waals surface area contributed by atoms with Crippen LogP contribution in [0.3, 0.4) is 0 Å². The van der Waals surface area contributed by atoms with E-state index in [0.29, 0.717) is 15.1 Å². The molecule has 41 heavy (non-hydrogen) atoms. The van der Waals surface area contributed by atoms with E-state index in [-0.39, 0.29) is 11.5 Å². The van der Waals surface area contributed by atoms with Crippen LogP contribution in [-0.2, 0) is 0 Å². The van der Waals surface area contributed by atoms with Crippen LogP contribution >= 0.6 is 42.1 Å². The molecule has 0 aliphatic carbocycles. The summed E-state index contributed by atoms with van der Waals surface area (Å²) in [7, 11) is -8.53. The van der Waals surface area contributed by atoms with E-state index < -0.39 is 14.5 Å². The maximum Gasteiger partial charge on any atom is 0.673 e. The Labute approximate surface area is 251 Å². The molecule has 0 nitrogen and oxygen atoms in total. The lowest BCUT2D eigenvalue weighted by molar-refractivity contribution is 0.368. The minimum Gasteiger partial charge on any atom is -0.418 e. The maximum atomic E-state index is 14.8. The van der Waals surface area contributed by atoms with Crippen LogP contribution in [-0.4, -0.2) is 7.25 Å². The van der Waals surface area contributed by atoms with Gasteiger partial charge in [0, 0.05) is 20.6 Å². The highest BCUT2D eigenvalue weighted by Gasteiger charge is 2.54. The van der Waals surface area contributed by atoms with Crippen molar-refractivity contribution in [1.82, 2.24) is 0 Å². The number of hydrogen-bond acceptors (Lipinski definition) is 0. The van der Waals surface area contributed by atoms with Crippen LogP contribution in [0.4, 0.5) is 21.7 Å². The van der Waals surface area contributed by atoms with Crippen molar-refractivity contribution in [2.24, 2.45) is 0 Å². The second kappa shape index (κ2) is 13.4. The normalized spacial score (nSPS) is 12.3. The molecule has 0 bridgehead atoms. The van der Waals surface area contributed by atoms with Crippen LogP contribution < -0.4 is 15.9 Å². The molecule has 0 fully saturated rings. The SMILES string of the molecule is F[B-](F)(F)F.Fc1cccc(C(c2ccccc2)[P+](c2ccc(Cl)cc2)(c2ccc(Cl)cc2)c2ccc(Cl)cc2)c1. The van der Waals surface area contributed by atoms with Crippen LogP contribution in [0.25, 0.3) is 0 Å². The summed E-state index contributed by atoms with van der Waals surface area (Å²) in [6.07, 6.45) is 0. The summed E-state index contributed by atoms with van der Waals surface area (Å²) < 4.78 is 53.8. The van der Waals surface area contributed by atoms with Gasteiger partial charge >= 0.3 is 7.25 Å². The van der Waals surface area contributed by atoms with Crippen molar-refractivity contribution in [3.8, 4) is 0 Å². The molecule has 0 radical (unpaired) electrons. The molecule has 210 valence electrons. The molecule has 0 amide bonds. The summed E-state index contributed by atoms with van der Waals surface area (Å²) in [5, 5.41) is 5.34. The van der Waals surface area contributed by atoms with Gasteiger partial charge in [0.25, 0.3) is 0 Å². The zero-order valence-electron chi connectivity index (χ0n) is 21.2. The summed E-state index contributed by atoms with van der Waals surface area (Å²) in [5.74, 6) is -0.269. The van der Waals surface area contributed by atoms with Gasteiger partial charge in [0.05, 0.1) is 0 Å². The van der Waals surface area contributed by atoms with E-state index in [1.807, 2.05) is 60.7 Å². The van der Waals surface area contributed by atoms with Gasteiger partial charge in [0.2, 0.25) is 0 Å². The van der Waals surface area contributed by atoms with Gasteiger partial charge in [-0.05, 0) is 90.5 Å². The van der Waals surface area contributed by atoms with Gasteiger partial charge in [0.15, 0.2) is 0 Å². The summed E-state index contributed by atoms with van der Waals surface area (Å²) in [6.45, 7) is 0. The van der Waals surface area contributed by atoms with Gasteiger partial charge in [-0.1, -0.05) is 77.3 Å². The summed E-state index contributed by atoms with van der Waals surface area (Å²) >= 11 is 19.1. The molecular formula is C31H22BCl3F5P. The second-order valence-corrected chi connectivity index (χ2v) is 13.8. The minimum absolute atomic E-state index is 0.182. The van der Waals surface area contributed by atoms with E-state index in [1.54, 1.807) is 12.1 Å². The fourth-order valence-electron chi connectivity index (χ4n) is 4.87. The first-order valence-electron chi connectivity index (χ1n) is 12.3. The summed E-state index contributed by atoms with van der Waals surface area (Å²) in [5.41, 5.74) is 1.81. The molecule has 0 N–H and O–H groups in total. The lowest BCUT2D eigenvalue weighted by Crippen LogP contribution is -2.35. The molecule has 0 aliphatic rings. The van der Waals surface area contributed by atoms with Gasteiger partial charge in [-0.25, -0.2) is 4.39 Å². The third-order valence-electron chi connectivity index (χ3n) is 6.37. The van der Waals surface area contributed by atoms with Crippen LogP contribution in [0.15, 0.2) is 127 Å². The van der Waals surface area contributed by atoms with Crippen LogP contribution in [0.5, 0.6) is 0 Å². The zero-order chi connectivity index (χ0) is 29.6. The highest BCUT2D eigenvalue weighted by molar-refractivity contribution is 7.96. The molecule has 0 spiro atoms. The lowest BCUT2D eigenvalue weighted by Gasteiger charge is -2.35. The van der Waals surface area contributed by atoms with Crippen molar-refractivity contribution < 1.29 is 21.7 Å². The Balaban J connectivity index is 0.000000714. The van der Waals surface area contributed by atoms with Crippen molar-refractivity contribution in [2.45, 2.75) is 5.66 Å². The topological polar surface area (TPSA) is 0 Å². The van der Waals surface area contributed by atoms with Gasteiger partial charge in [-0.2, -0.15) is 0 Å². The van der Waals surface area contributed by atoms with E-state index in [4.69, 9.17) is 34.8 Å². The Morgan fingerprint density at radius 3 is 1.22 bits per heavy atom. The molecule has 5 rings (SSSR count). The molecule has 0 aliphatic heterocycles. The predicted molar refractivity (Wildman–Crippen MR) is 165 cm³/mol. The number of halogens is 8. The van der Waals surface area contributed by atoms with Crippen LogP contribution in [0.1, 0.15) is 16.8 Å². The first kappa shape index (κ1) is 31.1. The van der Waals surface area contributed by atoms with Gasteiger partial charge in [0.1, 0.15) is 34.7 Å². The Kier molecular flexibility index (Phi) is 10.1. The van der Waals surface area contributed by atoms with Crippen molar-refractivity contribution >= 4 is 65.2 Å². The Hall–Kier alpha value is -2.89. The second-order valence-electron chi connectivity index (χ2n) is 9.02. The Morgan fingerprint density at radius 1 is 0.488 bits per heavy atom. The lowest BCUT2D eigenvalue weighted by atomic mass is 10.0. The molecule has 0 aromatic heterocycles. The fourth-order valence-corrected chi connectivity index (χ4v) is 10.1. The number of rotatable bonds is 6. The maximum absolute atomic E-state index is 14.8. The first-order chi connectivity index (χ1) is 19.5. The van der Waals surface area contributed by atoms with Crippen molar-refractivity contribution in [3.05, 3.63) is 159 Å². The van der Waals surface area contributed by atoms with Crippen LogP contribution in [0, 0.1) is 5.82 Å². The molecule has 1 unspecified atom stereocenters. The molecule has 0 saturated carbocycles. The van der Waals surface area contributed by atoms with Crippen molar-refractivity contribution in [2.75, 3.05) is 0 Å². The molecular weight excluding hydrogens is 615 g/mol.